The Morgan fingerprint density at radius 3 is 1.95 bits per heavy atom. The Morgan fingerprint density at radius 1 is 1.05 bits per heavy atom. The van der Waals surface area contributed by atoms with E-state index in [1.807, 2.05) is 0 Å². The Balaban J connectivity index is 1.64. The lowest BCUT2D eigenvalue weighted by molar-refractivity contribution is -0.153. The maximum atomic E-state index is 11.7. The lowest BCUT2D eigenvalue weighted by Crippen LogP contribution is -2.52. The standard InChI is InChI=1S/C15H20O4/c1-9(2)13(16)18-14(17)19-15-6-10-3-11(7-15)5-12(4-10)8-15/h10-12H,1,3-8H2,2H3. The predicted molar refractivity (Wildman–Crippen MR) is 68.3 cm³/mol. The lowest BCUT2D eigenvalue weighted by Gasteiger charge is -2.55. The molecule has 4 aliphatic rings. The molecular formula is C15H20O4. The van der Waals surface area contributed by atoms with E-state index in [9.17, 15) is 9.59 Å². The van der Waals surface area contributed by atoms with Crippen LogP contribution in [0.15, 0.2) is 12.2 Å². The van der Waals surface area contributed by atoms with E-state index in [1.165, 1.54) is 26.2 Å². The second-order valence-corrected chi connectivity index (χ2v) is 6.62. The number of carbonyl (C=O) groups is 2. The normalized spacial score (nSPS) is 38.9. The molecule has 0 N–H and O–H groups in total. The molecule has 0 atom stereocenters. The zero-order valence-corrected chi connectivity index (χ0v) is 11.3. The van der Waals surface area contributed by atoms with Crippen LogP contribution in [0.3, 0.4) is 0 Å². The van der Waals surface area contributed by atoms with Crippen molar-refractivity contribution in [3.05, 3.63) is 12.2 Å². The van der Waals surface area contributed by atoms with Crippen molar-refractivity contribution in [1.29, 1.82) is 0 Å². The van der Waals surface area contributed by atoms with Gasteiger partial charge in [0.25, 0.3) is 0 Å². The number of carbonyl (C=O) groups excluding carboxylic acids is 2. The zero-order valence-electron chi connectivity index (χ0n) is 11.3. The van der Waals surface area contributed by atoms with Gasteiger partial charge < -0.3 is 9.47 Å². The third kappa shape index (κ3) is 2.40. The first-order valence-electron chi connectivity index (χ1n) is 7.06. The van der Waals surface area contributed by atoms with Crippen molar-refractivity contribution in [2.75, 3.05) is 0 Å². The Labute approximate surface area is 113 Å². The van der Waals surface area contributed by atoms with Gasteiger partial charge in [-0.3, -0.25) is 0 Å². The van der Waals surface area contributed by atoms with Crippen molar-refractivity contribution in [2.24, 2.45) is 17.8 Å². The first-order chi connectivity index (χ1) is 8.96. The van der Waals surface area contributed by atoms with E-state index in [0.29, 0.717) is 17.8 Å². The minimum absolute atomic E-state index is 0.211. The first-order valence-corrected chi connectivity index (χ1v) is 7.06. The van der Waals surface area contributed by atoms with Crippen LogP contribution in [0, 0.1) is 17.8 Å². The third-order valence-electron chi connectivity index (χ3n) is 4.81. The van der Waals surface area contributed by atoms with E-state index in [4.69, 9.17) is 4.74 Å². The summed E-state index contributed by atoms with van der Waals surface area (Å²) in [5, 5.41) is 0. The van der Waals surface area contributed by atoms with Crippen LogP contribution in [0.5, 0.6) is 0 Å². The lowest BCUT2D eigenvalue weighted by atomic mass is 9.54. The molecule has 4 bridgehead atoms. The van der Waals surface area contributed by atoms with Crippen molar-refractivity contribution in [3.8, 4) is 0 Å². The highest BCUT2D eigenvalue weighted by atomic mass is 16.7. The van der Waals surface area contributed by atoms with E-state index in [2.05, 4.69) is 11.3 Å². The second kappa shape index (κ2) is 4.36. The highest BCUT2D eigenvalue weighted by molar-refractivity contribution is 5.93. The largest absolute Gasteiger partial charge is 0.516 e. The zero-order chi connectivity index (χ0) is 13.6. The highest BCUT2D eigenvalue weighted by Gasteiger charge is 2.53. The van der Waals surface area contributed by atoms with Crippen LogP contribution in [-0.2, 0) is 14.3 Å². The van der Waals surface area contributed by atoms with Crippen LogP contribution in [-0.4, -0.2) is 17.7 Å². The molecule has 4 aliphatic carbocycles. The van der Waals surface area contributed by atoms with Gasteiger partial charge in [-0.1, -0.05) is 6.58 Å². The highest BCUT2D eigenvalue weighted by Crippen LogP contribution is 2.57. The quantitative estimate of drug-likeness (QED) is 0.436. The molecule has 4 fully saturated rings. The van der Waals surface area contributed by atoms with Crippen molar-refractivity contribution in [3.63, 3.8) is 0 Å². The van der Waals surface area contributed by atoms with Gasteiger partial charge in [-0.05, 0) is 63.2 Å². The summed E-state index contributed by atoms with van der Waals surface area (Å²) < 4.78 is 10.2. The van der Waals surface area contributed by atoms with Gasteiger partial charge in [-0.2, -0.15) is 0 Å². The number of rotatable bonds is 2. The molecule has 4 heteroatoms. The molecule has 4 nitrogen and oxygen atoms in total. The summed E-state index contributed by atoms with van der Waals surface area (Å²) in [6.07, 6.45) is 5.81. The van der Waals surface area contributed by atoms with E-state index in [1.54, 1.807) is 0 Å². The van der Waals surface area contributed by atoms with Crippen LogP contribution in [0.1, 0.15) is 45.4 Å². The summed E-state index contributed by atoms with van der Waals surface area (Å²) in [5.74, 6) is 1.37. The van der Waals surface area contributed by atoms with E-state index < -0.39 is 12.1 Å². The summed E-state index contributed by atoms with van der Waals surface area (Å²) in [5.41, 5.74) is -0.149. The second-order valence-electron chi connectivity index (χ2n) is 6.62. The fraction of sp³-hybridized carbons (Fsp3) is 0.733. The van der Waals surface area contributed by atoms with E-state index in [-0.39, 0.29) is 11.2 Å². The molecule has 0 aromatic rings. The molecule has 0 aromatic carbocycles. The summed E-state index contributed by atoms with van der Waals surface area (Å²) >= 11 is 0. The Kier molecular flexibility index (Phi) is 2.91. The molecule has 19 heavy (non-hydrogen) atoms. The number of hydrogen-bond donors (Lipinski definition) is 0. The molecule has 104 valence electrons. The van der Waals surface area contributed by atoms with Crippen molar-refractivity contribution in [1.82, 2.24) is 0 Å². The van der Waals surface area contributed by atoms with Crippen molar-refractivity contribution in [2.45, 2.75) is 51.0 Å². The van der Waals surface area contributed by atoms with Gasteiger partial charge in [-0.15, -0.1) is 0 Å². The number of hydrogen-bond acceptors (Lipinski definition) is 4. The molecule has 4 saturated carbocycles. The third-order valence-corrected chi connectivity index (χ3v) is 4.81. The van der Waals surface area contributed by atoms with E-state index >= 15 is 0 Å². The van der Waals surface area contributed by atoms with Gasteiger partial charge in [-0.25, -0.2) is 9.59 Å². The van der Waals surface area contributed by atoms with Gasteiger partial charge >= 0.3 is 12.1 Å². The number of esters is 1. The van der Waals surface area contributed by atoms with Crippen LogP contribution >= 0.6 is 0 Å². The molecule has 0 saturated heterocycles. The molecule has 0 aromatic heterocycles. The molecule has 0 aliphatic heterocycles. The van der Waals surface area contributed by atoms with E-state index in [0.717, 1.165) is 19.3 Å². The fourth-order valence-electron chi connectivity index (χ4n) is 4.52. The molecule has 0 radical (unpaired) electrons. The summed E-state index contributed by atoms with van der Waals surface area (Å²) in [4.78, 5) is 23.1. The molecule has 0 unspecified atom stereocenters. The van der Waals surface area contributed by atoms with Crippen LogP contribution in [0.4, 0.5) is 4.79 Å². The Morgan fingerprint density at radius 2 is 1.53 bits per heavy atom. The minimum Gasteiger partial charge on any atom is -0.427 e. The topological polar surface area (TPSA) is 52.6 Å². The fourth-order valence-corrected chi connectivity index (χ4v) is 4.52. The van der Waals surface area contributed by atoms with Gasteiger partial charge in [0.2, 0.25) is 0 Å². The average molecular weight is 264 g/mol. The van der Waals surface area contributed by atoms with Crippen molar-refractivity contribution < 1.29 is 19.1 Å². The van der Waals surface area contributed by atoms with Crippen LogP contribution in [0.25, 0.3) is 0 Å². The van der Waals surface area contributed by atoms with Gasteiger partial charge in [0.1, 0.15) is 5.60 Å². The molecule has 0 amide bonds. The van der Waals surface area contributed by atoms with Gasteiger partial charge in [0, 0.05) is 5.57 Å². The molecular weight excluding hydrogens is 244 g/mol. The van der Waals surface area contributed by atoms with Crippen LogP contribution < -0.4 is 0 Å². The SMILES string of the molecule is C=C(C)C(=O)OC(=O)OC12CC3CC(CC(C3)C1)C2. The van der Waals surface area contributed by atoms with Gasteiger partial charge in [0.05, 0.1) is 0 Å². The van der Waals surface area contributed by atoms with Gasteiger partial charge in [0.15, 0.2) is 0 Å². The summed E-state index contributed by atoms with van der Waals surface area (Å²) in [6.45, 7) is 4.97. The average Bonchev–Trinajstić information content (AvgIpc) is 2.25. The predicted octanol–water partition coefficient (Wildman–Crippen LogP) is 3.21. The maximum Gasteiger partial charge on any atom is 0.516 e. The summed E-state index contributed by atoms with van der Waals surface area (Å²) in [6, 6.07) is 0. The monoisotopic (exact) mass is 264 g/mol. The Bertz CT molecular complexity index is 402. The smallest absolute Gasteiger partial charge is 0.427 e. The first kappa shape index (κ1) is 12.7. The minimum atomic E-state index is -0.852. The van der Waals surface area contributed by atoms with Crippen LogP contribution in [0.2, 0.25) is 0 Å². The maximum absolute atomic E-state index is 11.7. The Hall–Kier alpha value is -1.32. The molecule has 0 spiro atoms. The molecule has 0 heterocycles. The van der Waals surface area contributed by atoms with Crippen molar-refractivity contribution >= 4 is 12.1 Å². The number of ether oxygens (including phenoxy) is 2. The summed E-state index contributed by atoms with van der Waals surface area (Å²) in [7, 11) is 0. The molecule has 4 rings (SSSR count).